The van der Waals surface area contributed by atoms with Gasteiger partial charge in [-0.25, -0.2) is 0 Å². The minimum atomic E-state index is 0.104. The Hall–Kier alpha value is -1.88. The summed E-state index contributed by atoms with van der Waals surface area (Å²) in [4.78, 5) is 14.5. The molecule has 1 aliphatic rings. The second-order valence-electron chi connectivity index (χ2n) is 4.91. The van der Waals surface area contributed by atoms with E-state index in [1.54, 1.807) is 6.20 Å². The summed E-state index contributed by atoms with van der Waals surface area (Å²) >= 11 is 0. The quantitative estimate of drug-likeness (QED) is 0.874. The zero-order valence-corrected chi connectivity index (χ0v) is 11.0. The minimum absolute atomic E-state index is 0.104. The summed E-state index contributed by atoms with van der Waals surface area (Å²) in [5, 5.41) is 11.2. The summed E-state index contributed by atoms with van der Waals surface area (Å²) in [6, 6.07) is 6.02. The fourth-order valence-electron chi connectivity index (χ4n) is 2.71. The fraction of sp³-hybridized carbons (Fsp3) is 0.429. The normalized spacial score (nSPS) is 18.9. The summed E-state index contributed by atoms with van der Waals surface area (Å²) in [5.41, 5.74) is 1.64. The molecular weight excluding hydrogens is 240 g/mol. The Morgan fingerprint density at radius 3 is 3.16 bits per heavy atom. The fourth-order valence-corrected chi connectivity index (χ4v) is 2.71. The van der Waals surface area contributed by atoms with Crippen LogP contribution in [0.25, 0.3) is 10.9 Å². The van der Waals surface area contributed by atoms with E-state index in [0.29, 0.717) is 6.04 Å². The molecule has 0 radical (unpaired) electrons. The third kappa shape index (κ3) is 2.21. The van der Waals surface area contributed by atoms with Crippen LogP contribution >= 0.6 is 0 Å². The van der Waals surface area contributed by atoms with Crippen LogP contribution in [0.4, 0.5) is 0 Å². The van der Waals surface area contributed by atoms with Crippen molar-refractivity contribution < 1.29 is 4.79 Å². The molecule has 1 fully saturated rings. The molecule has 3 rings (SSSR count). The first kappa shape index (κ1) is 12.2. The Bertz CT molecular complexity index is 586. The van der Waals surface area contributed by atoms with Gasteiger partial charge in [-0.05, 0) is 32.0 Å². The Kier molecular flexibility index (Phi) is 3.21. The largest absolute Gasteiger partial charge is 0.335 e. The predicted molar refractivity (Wildman–Crippen MR) is 74.1 cm³/mol. The van der Waals surface area contributed by atoms with Crippen molar-refractivity contribution >= 4 is 16.8 Å². The first-order chi connectivity index (χ1) is 9.29. The van der Waals surface area contributed by atoms with E-state index in [1.165, 1.54) is 0 Å². The lowest BCUT2D eigenvalue weighted by molar-refractivity contribution is 0.0704. The van der Waals surface area contributed by atoms with Crippen LogP contribution in [0.1, 0.15) is 23.7 Å². The highest BCUT2D eigenvalue weighted by Crippen LogP contribution is 2.17. The van der Waals surface area contributed by atoms with Crippen molar-refractivity contribution in [2.75, 3.05) is 19.6 Å². The van der Waals surface area contributed by atoms with E-state index < -0.39 is 0 Å². The van der Waals surface area contributed by atoms with E-state index in [-0.39, 0.29) is 5.91 Å². The van der Waals surface area contributed by atoms with Crippen molar-refractivity contribution in [3.63, 3.8) is 0 Å². The van der Waals surface area contributed by atoms with E-state index in [9.17, 15) is 4.79 Å². The highest BCUT2D eigenvalue weighted by molar-refractivity contribution is 5.97. The van der Waals surface area contributed by atoms with Crippen LogP contribution in [0.5, 0.6) is 0 Å². The Morgan fingerprint density at radius 2 is 2.42 bits per heavy atom. The third-order valence-corrected chi connectivity index (χ3v) is 3.77. The summed E-state index contributed by atoms with van der Waals surface area (Å²) in [6.45, 7) is 4.66. The number of carbonyl (C=O) groups is 1. The molecule has 1 saturated heterocycles. The molecule has 0 aliphatic carbocycles. The van der Waals surface area contributed by atoms with Crippen molar-refractivity contribution in [2.45, 2.75) is 19.4 Å². The van der Waals surface area contributed by atoms with E-state index >= 15 is 0 Å². The summed E-state index contributed by atoms with van der Waals surface area (Å²) < 4.78 is 0. The second-order valence-corrected chi connectivity index (χ2v) is 4.91. The molecular formula is C14H18N4O. The number of carbonyl (C=O) groups excluding carboxylic acids is 1. The van der Waals surface area contributed by atoms with Gasteiger partial charge in [0.05, 0.1) is 11.7 Å². The number of rotatable bonds is 3. The van der Waals surface area contributed by atoms with Crippen molar-refractivity contribution in [3.8, 4) is 0 Å². The van der Waals surface area contributed by atoms with Gasteiger partial charge in [-0.1, -0.05) is 6.07 Å². The number of fused-ring (bicyclic) bond motifs is 1. The van der Waals surface area contributed by atoms with Crippen LogP contribution < -0.4 is 5.32 Å². The van der Waals surface area contributed by atoms with Crippen molar-refractivity contribution in [1.82, 2.24) is 20.4 Å². The van der Waals surface area contributed by atoms with Gasteiger partial charge in [0.2, 0.25) is 0 Å². The number of nitrogens with one attached hydrogen (secondary N) is 2. The van der Waals surface area contributed by atoms with Gasteiger partial charge in [-0.15, -0.1) is 0 Å². The molecule has 0 saturated carbocycles. The van der Waals surface area contributed by atoms with Crippen molar-refractivity contribution in [1.29, 1.82) is 0 Å². The molecule has 1 aromatic carbocycles. The number of hydrogen-bond acceptors (Lipinski definition) is 3. The first-order valence-corrected chi connectivity index (χ1v) is 6.74. The molecule has 1 amide bonds. The van der Waals surface area contributed by atoms with Crippen LogP contribution in [0, 0.1) is 0 Å². The molecule has 1 atom stereocenters. The number of H-pyrrole nitrogens is 1. The topological polar surface area (TPSA) is 61.0 Å². The highest BCUT2D eigenvalue weighted by atomic mass is 16.2. The molecule has 2 N–H and O–H groups in total. The molecule has 19 heavy (non-hydrogen) atoms. The van der Waals surface area contributed by atoms with Crippen LogP contribution in [0.2, 0.25) is 0 Å². The number of benzene rings is 1. The van der Waals surface area contributed by atoms with Gasteiger partial charge in [0.1, 0.15) is 0 Å². The molecule has 5 nitrogen and oxygen atoms in total. The molecule has 0 spiro atoms. The number of likely N-dealkylation sites (N-methyl/N-ethyl adjacent to an activating group) is 1. The standard InChI is InChI=1S/C14H18N4O/c1-2-18(12-5-6-15-9-12)14(19)10-3-4-11-8-16-17-13(11)7-10/h3-4,7-8,12,15H,2,5-6,9H2,1H3,(H,16,17). The van der Waals surface area contributed by atoms with E-state index in [2.05, 4.69) is 15.5 Å². The average Bonchev–Trinajstić information content (AvgIpc) is 3.09. The summed E-state index contributed by atoms with van der Waals surface area (Å²) in [6.07, 6.45) is 2.80. The maximum absolute atomic E-state index is 12.6. The summed E-state index contributed by atoms with van der Waals surface area (Å²) in [5.74, 6) is 0.104. The van der Waals surface area contributed by atoms with Crippen LogP contribution in [0.15, 0.2) is 24.4 Å². The monoisotopic (exact) mass is 258 g/mol. The average molecular weight is 258 g/mol. The van der Waals surface area contributed by atoms with Crippen molar-refractivity contribution in [2.24, 2.45) is 0 Å². The van der Waals surface area contributed by atoms with Gasteiger partial charge in [0.15, 0.2) is 0 Å². The maximum Gasteiger partial charge on any atom is 0.254 e. The smallest absolute Gasteiger partial charge is 0.254 e. The third-order valence-electron chi connectivity index (χ3n) is 3.77. The van der Waals surface area contributed by atoms with Crippen LogP contribution in [-0.4, -0.2) is 46.7 Å². The number of aromatic amines is 1. The lowest BCUT2D eigenvalue weighted by Gasteiger charge is -2.27. The lowest BCUT2D eigenvalue weighted by Crippen LogP contribution is -2.41. The molecule has 2 heterocycles. The van der Waals surface area contributed by atoms with Gasteiger partial charge in [-0.3, -0.25) is 9.89 Å². The Balaban J connectivity index is 1.88. The van der Waals surface area contributed by atoms with Gasteiger partial charge in [0, 0.05) is 30.1 Å². The van der Waals surface area contributed by atoms with Crippen LogP contribution in [-0.2, 0) is 0 Å². The number of nitrogens with zero attached hydrogens (tertiary/aromatic N) is 2. The zero-order valence-electron chi connectivity index (χ0n) is 11.0. The van der Waals surface area contributed by atoms with Gasteiger partial charge in [-0.2, -0.15) is 5.10 Å². The van der Waals surface area contributed by atoms with E-state index in [4.69, 9.17) is 0 Å². The first-order valence-electron chi connectivity index (χ1n) is 6.74. The number of hydrogen-bond donors (Lipinski definition) is 2. The van der Waals surface area contributed by atoms with E-state index in [1.807, 2.05) is 30.0 Å². The molecule has 0 bridgehead atoms. The van der Waals surface area contributed by atoms with Gasteiger partial charge >= 0.3 is 0 Å². The Labute approximate surface area is 112 Å². The zero-order chi connectivity index (χ0) is 13.2. The molecule has 1 aliphatic heterocycles. The maximum atomic E-state index is 12.6. The summed E-state index contributed by atoms with van der Waals surface area (Å²) in [7, 11) is 0. The SMILES string of the molecule is CCN(C(=O)c1ccc2cn[nH]c2c1)C1CCNC1. The highest BCUT2D eigenvalue weighted by Gasteiger charge is 2.26. The van der Waals surface area contributed by atoms with Crippen molar-refractivity contribution in [3.05, 3.63) is 30.0 Å². The van der Waals surface area contributed by atoms with E-state index in [0.717, 1.165) is 42.5 Å². The Morgan fingerprint density at radius 1 is 1.53 bits per heavy atom. The molecule has 1 aromatic heterocycles. The molecule has 1 unspecified atom stereocenters. The number of aromatic nitrogens is 2. The molecule has 2 aromatic rings. The predicted octanol–water partition coefficient (Wildman–Crippen LogP) is 1.39. The molecule has 100 valence electrons. The second kappa shape index (κ2) is 5.01. The van der Waals surface area contributed by atoms with Gasteiger partial charge in [0.25, 0.3) is 5.91 Å². The minimum Gasteiger partial charge on any atom is -0.335 e. The van der Waals surface area contributed by atoms with Crippen LogP contribution in [0.3, 0.4) is 0 Å². The van der Waals surface area contributed by atoms with Gasteiger partial charge < -0.3 is 10.2 Å². The molecule has 5 heteroatoms. The number of amides is 1. The lowest BCUT2D eigenvalue weighted by atomic mass is 10.1.